The summed E-state index contributed by atoms with van der Waals surface area (Å²) < 4.78 is 0. The summed E-state index contributed by atoms with van der Waals surface area (Å²) in [5, 5.41) is 13.1. The van der Waals surface area contributed by atoms with E-state index in [0.717, 1.165) is 31.2 Å². The standard InChI is InChI=1S/C15H21NO2/c1-11(14(17)12-7-3-2-4-8-12)16-15(18)13-9-5-6-10-13/h2-4,7-8,11,13-14,17H,5-6,9-10H2,1H3,(H,16,18). The van der Waals surface area contributed by atoms with Gasteiger partial charge in [-0.25, -0.2) is 0 Å². The van der Waals surface area contributed by atoms with Crippen molar-refractivity contribution in [2.45, 2.75) is 44.8 Å². The van der Waals surface area contributed by atoms with E-state index >= 15 is 0 Å². The van der Waals surface area contributed by atoms with Crippen molar-refractivity contribution in [2.75, 3.05) is 0 Å². The molecule has 2 rings (SSSR count). The minimum Gasteiger partial charge on any atom is -0.386 e. The quantitative estimate of drug-likeness (QED) is 0.858. The van der Waals surface area contributed by atoms with Crippen LogP contribution in [-0.2, 0) is 4.79 Å². The fourth-order valence-corrected chi connectivity index (χ4v) is 2.55. The molecule has 1 saturated carbocycles. The van der Waals surface area contributed by atoms with Gasteiger partial charge in [-0.15, -0.1) is 0 Å². The monoisotopic (exact) mass is 247 g/mol. The molecule has 1 aliphatic carbocycles. The van der Waals surface area contributed by atoms with E-state index in [4.69, 9.17) is 0 Å². The molecule has 1 fully saturated rings. The van der Waals surface area contributed by atoms with Gasteiger partial charge in [0.25, 0.3) is 0 Å². The fourth-order valence-electron chi connectivity index (χ4n) is 2.55. The van der Waals surface area contributed by atoms with Crippen LogP contribution in [0.2, 0.25) is 0 Å². The maximum absolute atomic E-state index is 12.0. The normalized spacial score (nSPS) is 19.4. The second-order valence-corrected chi connectivity index (χ2v) is 5.13. The second kappa shape index (κ2) is 6.01. The number of amides is 1. The van der Waals surface area contributed by atoms with E-state index in [9.17, 15) is 9.90 Å². The average molecular weight is 247 g/mol. The first-order valence-corrected chi connectivity index (χ1v) is 6.72. The predicted octanol–water partition coefficient (Wildman–Crippen LogP) is 2.41. The van der Waals surface area contributed by atoms with E-state index in [1.54, 1.807) is 0 Å². The van der Waals surface area contributed by atoms with Gasteiger partial charge in [-0.3, -0.25) is 4.79 Å². The molecule has 1 amide bonds. The third-order valence-electron chi connectivity index (χ3n) is 3.71. The lowest BCUT2D eigenvalue weighted by Crippen LogP contribution is -2.40. The van der Waals surface area contributed by atoms with Crippen LogP contribution in [0.15, 0.2) is 30.3 Å². The number of carbonyl (C=O) groups excluding carboxylic acids is 1. The van der Waals surface area contributed by atoms with Gasteiger partial charge in [-0.2, -0.15) is 0 Å². The average Bonchev–Trinajstić information content (AvgIpc) is 2.92. The summed E-state index contributed by atoms with van der Waals surface area (Å²) in [6.07, 6.45) is 3.62. The van der Waals surface area contributed by atoms with Gasteiger partial charge in [-0.05, 0) is 25.3 Å². The van der Waals surface area contributed by atoms with Crippen LogP contribution in [-0.4, -0.2) is 17.1 Å². The highest BCUT2D eigenvalue weighted by Gasteiger charge is 2.25. The molecule has 2 atom stereocenters. The molecule has 98 valence electrons. The molecule has 0 aromatic heterocycles. The van der Waals surface area contributed by atoms with Crippen molar-refractivity contribution >= 4 is 5.91 Å². The van der Waals surface area contributed by atoms with Crippen molar-refractivity contribution in [2.24, 2.45) is 5.92 Å². The minimum atomic E-state index is -0.642. The first-order valence-electron chi connectivity index (χ1n) is 6.72. The Morgan fingerprint density at radius 2 is 1.89 bits per heavy atom. The van der Waals surface area contributed by atoms with Gasteiger partial charge in [0.05, 0.1) is 12.1 Å². The topological polar surface area (TPSA) is 49.3 Å². The largest absolute Gasteiger partial charge is 0.386 e. The molecule has 0 spiro atoms. The number of aliphatic hydroxyl groups is 1. The second-order valence-electron chi connectivity index (χ2n) is 5.13. The Labute approximate surface area is 108 Å². The van der Waals surface area contributed by atoms with Gasteiger partial charge < -0.3 is 10.4 Å². The lowest BCUT2D eigenvalue weighted by Gasteiger charge is -2.22. The van der Waals surface area contributed by atoms with Gasteiger partial charge in [-0.1, -0.05) is 43.2 Å². The molecule has 0 saturated heterocycles. The number of benzene rings is 1. The Morgan fingerprint density at radius 1 is 1.28 bits per heavy atom. The van der Waals surface area contributed by atoms with Crippen LogP contribution in [0.1, 0.15) is 44.3 Å². The zero-order valence-corrected chi connectivity index (χ0v) is 10.8. The summed E-state index contributed by atoms with van der Waals surface area (Å²) in [7, 11) is 0. The molecule has 1 aromatic rings. The van der Waals surface area contributed by atoms with Crippen LogP contribution in [0.5, 0.6) is 0 Å². The van der Waals surface area contributed by atoms with Crippen LogP contribution in [0.25, 0.3) is 0 Å². The number of rotatable bonds is 4. The molecule has 0 radical (unpaired) electrons. The lowest BCUT2D eigenvalue weighted by molar-refractivity contribution is -0.126. The highest BCUT2D eigenvalue weighted by Crippen LogP contribution is 2.25. The fraction of sp³-hybridized carbons (Fsp3) is 0.533. The number of hydrogen-bond donors (Lipinski definition) is 2. The van der Waals surface area contributed by atoms with E-state index in [2.05, 4.69) is 5.32 Å². The maximum Gasteiger partial charge on any atom is 0.223 e. The predicted molar refractivity (Wildman–Crippen MR) is 71.0 cm³/mol. The Morgan fingerprint density at radius 3 is 2.50 bits per heavy atom. The summed E-state index contributed by atoms with van der Waals surface area (Å²) >= 11 is 0. The molecular formula is C15H21NO2. The van der Waals surface area contributed by atoms with Crippen molar-refractivity contribution < 1.29 is 9.90 Å². The van der Waals surface area contributed by atoms with Crippen molar-refractivity contribution in [3.8, 4) is 0 Å². The van der Waals surface area contributed by atoms with Crippen LogP contribution < -0.4 is 5.32 Å². The molecule has 0 bridgehead atoms. The first-order chi connectivity index (χ1) is 8.68. The van der Waals surface area contributed by atoms with Crippen molar-refractivity contribution in [1.82, 2.24) is 5.32 Å². The molecule has 2 unspecified atom stereocenters. The van der Waals surface area contributed by atoms with Crippen LogP contribution >= 0.6 is 0 Å². The van der Waals surface area contributed by atoms with E-state index in [1.165, 1.54) is 0 Å². The van der Waals surface area contributed by atoms with Crippen molar-refractivity contribution in [3.63, 3.8) is 0 Å². The smallest absolute Gasteiger partial charge is 0.223 e. The van der Waals surface area contributed by atoms with E-state index in [-0.39, 0.29) is 17.9 Å². The third-order valence-corrected chi connectivity index (χ3v) is 3.71. The van der Waals surface area contributed by atoms with Crippen LogP contribution in [0.3, 0.4) is 0 Å². The number of hydrogen-bond acceptors (Lipinski definition) is 2. The van der Waals surface area contributed by atoms with Crippen LogP contribution in [0, 0.1) is 5.92 Å². The van der Waals surface area contributed by atoms with Gasteiger partial charge in [0.2, 0.25) is 5.91 Å². The summed E-state index contributed by atoms with van der Waals surface area (Å²) in [5.74, 6) is 0.241. The molecule has 0 heterocycles. The van der Waals surface area contributed by atoms with Crippen LogP contribution in [0.4, 0.5) is 0 Å². The Balaban J connectivity index is 1.91. The van der Waals surface area contributed by atoms with Gasteiger partial charge in [0.15, 0.2) is 0 Å². The molecule has 2 N–H and O–H groups in total. The Bertz CT molecular complexity index is 385. The minimum absolute atomic E-state index is 0.0926. The molecule has 3 heteroatoms. The molecule has 1 aromatic carbocycles. The zero-order valence-electron chi connectivity index (χ0n) is 10.8. The lowest BCUT2D eigenvalue weighted by atomic mass is 10.0. The highest BCUT2D eigenvalue weighted by molar-refractivity contribution is 5.79. The SMILES string of the molecule is CC(NC(=O)C1CCCC1)C(O)c1ccccc1. The first kappa shape index (κ1) is 13.1. The third kappa shape index (κ3) is 3.10. The summed E-state index contributed by atoms with van der Waals surface area (Å²) in [4.78, 5) is 12.0. The van der Waals surface area contributed by atoms with Gasteiger partial charge in [0, 0.05) is 5.92 Å². The van der Waals surface area contributed by atoms with Gasteiger partial charge in [0.1, 0.15) is 0 Å². The van der Waals surface area contributed by atoms with Gasteiger partial charge >= 0.3 is 0 Å². The summed E-state index contributed by atoms with van der Waals surface area (Å²) in [6, 6.07) is 9.21. The molecule has 1 aliphatic rings. The molecule has 18 heavy (non-hydrogen) atoms. The Hall–Kier alpha value is -1.35. The summed E-state index contributed by atoms with van der Waals surface area (Å²) in [5.41, 5.74) is 0.844. The summed E-state index contributed by atoms with van der Waals surface area (Å²) in [6.45, 7) is 1.85. The van der Waals surface area contributed by atoms with E-state index in [1.807, 2.05) is 37.3 Å². The number of aliphatic hydroxyl groups excluding tert-OH is 1. The molecular weight excluding hydrogens is 226 g/mol. The highest BCUT2D eigenvalue weighted by atomic mass is 16.3. The van der Waals surface area contributed by atoms with Crippen molar-refractivity contribution in [3.05, 3.63) is 35.9 Å². The van der Waals surface area contributed by atoms with Crippen molar-refractivity contribution in [1.29, 1.82) is 0 Å². The molecule has 0 aliphatic heterocycles. The number of carbonyl (C=O) groups is 1. The van der Waals surface area contributed by atoms with E-state index < -0.39 is 6.10 Å². The maximum atomic E-state index is 12.0. The molecule has 3 nitrogen and oxygen atoms in total. The zero-order chi connectivity index (χ0) is 13.0. The van der Waals surface area contributed by atoms with E-state index in [0.29, 0.717) is 0 Å². The Kier molecular flexibility index (Phi) is 4.37. The number of nitrogens with one attached hydrogen (secondary N) is 1.